The first-order chi connectivity index (χ1) is 15.4. The molecule has 1 fully saturated rings. The Kier molecular flexibility index (Phi) is 6.56. The van der Waals surface area contributed by atoms with Crippen molar-refractivity contribution in [3.05, 3.63) is 54.1 Å². The van der Waals surface area contributed by atoms with Crippen LogP contribution in [-0.4, -0.2) is 63.5 Å². The Morgan fingerprint density at radius 3 is 2.76 bits per heavy atom. The quantitative estimate of drug-likeness (QED) is 0.389. The number of hydrogen-bond donors (Lipinski definition) is 0. The number of hydrogen-bond acceptors (Lipinski definition) is 7. The molecule has 172 valence electrons. The molecule has 1 aliphatic rings. The van der Waals surface area contributed by atoms with Gasteiger partial charge in [0.15, 0.2) is 17.2 Å². The highest BCUT2D eigenvalue weighted by Crippen LogP contribution is 2.31. The summed E-state index contributed by atoms with van der Waals surface area (Å²) in [6, 6.07) is 9.91. The highest BCUT2D eigenvalue weighted by atomic mass is 35.5. The number of aromatic nitrogens is 4. The molecule has 5 rings (SSSR count). The standard InChI is InChI=1S/C23H23FN6OS.ClH/c1-14(31)16-10-20(24)22-26-27-23(30(22)12-16)32-19-4-5-21-15(9-19)8-18(11-25-21)29-7-6-17(13-29)28(2)3;/h4-5,8-12,17H,6-7,13H2,1-3H3;1H/t17-;/m0./s1. The molecule has 4 heterocycles. The molecule has 0 N–H and O–H groups in total. The van der Waals surface area contributed by atoms with Gasteiger partial charge in [0.25, 0.3) is 0 Å². The third-order valence-corrected chi connectivity index (χ3v) is 6.89. The Morgan fingerprint density at radius 2 is 2.03 bits per heavy atom. The van der Waals surface area contributed by atoms with Gasteiger partial charge in [0, 0.05) is 41.2 Å². The van der Waals surface area contributed by atoms with E-state index in [-0.39, 0.29) is 29.4 Å². The lowest BCUT2D eigenvalue weighted by Gasteiger charge is -2.21. The zero-order chi connectivity index (χ0) is 22.4. The maximum absolute atomic E-state index is 14.3. The monoisotopic (exact) mass is 486 g/mol. The fraction of sp³-hybridized carbons (Fsp3) is 0.304. The zero-order valence-corrected chi connectivity index (χ0v) is 20.2. The molecule has 0 bridgehead atoms. The number of anilines is 1. The second kappa shape index (κ2) is 9.24. The highest BCUT2D eigenvalue weighted by molar-refractivity contribution is 7.99. The molecule has 1 aliphatic heterocycles. The van der Waals surface area contributed by atoms with E-state index in [0.29, 0.717) is 11.2 Å². The van der Waals surface area contributed by atoms with Crippen LogP contribution in [0.25, 0.3) is 16.6 Å². The second-order valence-electron chi connectivity index (χ2n) is 8.31. The van der Waals surface area contributed by atoms with E-state index in [1.54, 1.807) is 6.20 Å². The van der Waals surface area contributed by atoms with Crippen LogP contribution in [0, 0.1) is 5.82 Å². The molecule has 0 saturated carbocycles. The number of carbonyl (C=O) groups excluding carboxylic acids is 1. The maximum atomic E-state index is 14.3. The van der Waals surface area contributed by atoms with Crippen LogP contribution in [0.15, 0.2) is 52.8 Å². The Morgan fingerprint density at radius 1 is 1.21 bits per heavy atom. The average molecular weight is 487 g/mol. The van der Waals surface area contributed by atoms with Gasteiger partial charge in [-0.2, -0.15) is 0 Å². The molecule has 7 nitrogen and oxygen atoms in total. The second-order valence-corrected chi connectivity index (χ2v) is 9.35. The minimum absolute atomic E-state index is 0. The van der Waals surface area contributed by atoms with Crippen molar-refractivity contribution in [1.82, 2.24) is 24.5 Å². The molecule has 1 atom stereocenters. The Balaban J connectivity index is 0.00000259. The Bertz CT molecular complexity index is 1340. The van der Waals surface area contributed by atoms with Crippen molar-refractivity contribution >= 4 is 52.2 Å². The predicted octanol–water partition coefficient (Wildman–Crippen LogP) is 4.33. The minimum Gasteiger partial charge on any atom is -0.369 e. The van der Waals surface area contributed by atoms with Gasteiger partial charge < -0.3 is 9.80 Å². The van der Waals surface area contributed by atoms with Gasteiger partial charge in [-0.25, -0.2) is 4.39 Å². The van der Waals surface area contributed by atoms with Crippen molar-refractivity contribution in [2.24, 2.45) is 0 Å². The largest absolute Gasteiger partial charge is 0.369 e. The first-order valence-electron chi connectivity index (χ1n) is 10.4. The molecule has 1 aromatic carbocycles. The molecule has 10 heteroatoms. The van der Waals surface area contributed by atoms with Gasteiger partial charge in [0.1, 0.15) is 0 Å². The van der Waals surface area contributed by atoms with E-state index in [1.807, 2.05) is 18.3 Å². The van der Waals surface area contributed by atoms with Crippen LogP contribution in [0.4, 0.5) is 10.1 Å². The molecule has 0 spiro atoms. The number of ketones is 1. The summed E-state index contributed by atoms with van der Waals surface area (Å²) < 4.78 is 15.9. The lowest BCUT2D eigenvalue weighted by molar-refractivity contribution is 0.101. The summed E-state index contributed by atoms with van der Waals surface area (Å²) in [4.78, 5) is 22.0. The van der Waals surface area contributed by atoms with Crippen LogP contribution in [0.3, 0.4) is 0 Å². The van der Waals surface area contributed by atoms with Gasteiger partial charge in [0.05, 0.1) is 17.4 Å². The molecule has 3 aromatic heterocycles. The maximum Gasteiger partial charge on any atom is 0.200 e. The molecule has 0 unspecified atom stereocenters. The number of nitrogens with zero attached hydrogens (tertiary/aromatic N) is 6. The Hall–Kier alpha value is -2.75. The number of Topliss-reactive ketones (excluding diaryl/α,β-unsaturated/α-hetero) is 1. The third-order valence-electron chi connectivity index (χ3n) is 5.94. The number of carbonyl (C=O) groups is 1. The Labute approximate surface area is 201 Å². The number of fused-ring (bicyclic) bond motifs is 2. The summed E-state index contributed by atoms with van der Waals surface area (Å²) in [5.41, 5.74) is 2.42. The molecule has 4 aromatic rings. The summed E-state index contributed by atoms with van der Waals surface area (Å²) in [7, 11) is 4.24. The third kappa shape index (κ3) is 4.53. The van der Waals surface area contributed by atoms with Gasteiger partial charge in [-0.15, -0.1) is 22.6 Å². The van der Waals surface area contributed by atoms with Crippen LogP contribution in [-0.2, 0) is 0 Å². The van der Waals surface area contributed by atoms with Crippen LogP contribution < -0.4 is 4.90 Å². The summed E-state index contributed by atoms with van der Waals surface area (Å²) in [6.45, 7) is 3.41. The minimum atomic E-state index is -0.564. The van der Waals surface area contributed by atoms with Gasteiger partial charge in [-0.3, -0.25) is 14.2 Å². The van der Waals surface area contributed by atoms with E-state index < -0.39 is 5.82 Å². The number of rotatable bonds is 5. The number of halogens is 2. The molecule has 1 saturated heterocycles. The van der Waals surface area contributed by atoms with Gasteiger partial charge in [-0.05, 0) is 69.5 Å². The van der Waals surface area contributed by atoms with Gasteiger partial charge in [0.2, 0.25) is 5.16 Å². The van der Waals surface area contributed by atoms with Gasteiger partial charge >= 0.3 is 0 Å². The van der Waals surface area contributed by atoms with Crippen molar-refractivity contribution in [2.45, 2.75) is 29.4 Å². The first-order valence-corrected chi connectivity index (χ1v) is 11.2. The van der Waals surface area contributed by atoms with Gasteiger partial charge in [-0.1, -0.05) is 0 Å². The number of benzene rings is 1. The highest BCUT2D eigenvalue weighted by Gasteiger charge is 2.24. The molecule has 33 heavy (non-hydrogen) atoms. The van der Waals surface area contributed by atoms with Crippen LogP contribution in [0.2, 0.25) is 0 Å². The summed E-state index contributed by atoms with van der Waals surface area (Å²) in [5.74, 6) is -0.774. The molecule has 0 radical (unpaired) electrons. The van der Waals surface area contributed by atoms with Crippen molar-refractivity contribution in [1.29, 1.82) is 0 Å². The summed E-state index contributed by atoms with van der Waals surface area (Å²) in [6.07, 6.45) is 4.66. The fourth-order valence-electron chi connectivity index (χ4n) is 4.03. The van der Waals surface area contributed by atoms with Crippen LogP contribution in [0.5, 0.6) is 0 Å². The van der Waals surface area contributed by atoms with Crippen molar-refractivity contribution < 1.29 is 9.18 Å². The van der Waals surface area contributed by atoms with Crippen LogP contribution >= 0.6 is 24.2 Å². The van der Waals surface area contributed by atoms with Crippen molar-refractivity contribution in [2.75, 3.05) is 32.1 Å². The molecule has 0 aliphatic carbocycles. The SMILES string of the molecule is CC(=O)c1cc(F)c2nnc(Sc3ccc4ncc(N5CC[C@H](N(C)C)C5)cc4c3)n2c1.Cl. The predicted molar refractivity (Wildman–Crippen MR) is 130 cm³/mol. The number of pyridine rings is 2. The topological polar surface area (TPSA) is 66.6 Å². The normalized spacial score (nSPS) is 16.0. The zero-order valence-electron chi connectivity index (χ0n) is 18.5. The lowest BCUT2D eigenvalue weighted by atomic mass is 10.2. The smallest absolute Gasteiger partial charge is 0.200 e. The van der Waals surface area contributed by atoms with Crippen LogP contribution in [0.1, 0.15) is 23.7 Å². The number of likely N-dealkylation sites (N-methyl/N-ethyl adjacent to an activating group) is 1. The summed E-state index contributed by atoms with van der Waals surface area (Å²) in [5, 5.41) is 9.61. The van der Waals surface area contributed by atoms with E-state index in [9.17, 15) is 9.18 Å². The molecular weight excluding hydrogens is 463 g/mol. The van der Waals surface area contributed by atoms with E-state index >= 15 is 0 Å². The average Bonchev–Trinajstić information content (AvgIpc) is 3.41. The fourth-order valence-corrected chi connectivity index (χ4v) is 4.89. The summed E-state index contributed by atoms with van der Waals surface area (Å²) >= 11 is 1.37. The van der Waals surface area contributed by atoms with E-state index in [0.717, 1.165) is 41.0 Å². The lowest BCUT2D eigenvalue weighted by Crippen LogP contribution is -2.31. The van der Waals surface area contributed by atoms with E-state index in [2.05, 4.69) is 51.2 Å². The van der Waals surface area contributed by atoms with E-state index in [4.69, 9.17) is 0 Å². The first kappa shape index (κ1) is 23.4. The van der Waals surface area contributed by atoms with E-state index in [1.165, 1.54) is 29.2 Å². The van der Waals surface area contributed by atoms with Crippen molar-refractivity contribution in [3.8, 4) is 0 Å². The molecule has 0 amide bonds. The molecular formula is C23H24ClFN6OS. The van der Waals surface area contributed by atoms with Crippen molar-refractivity contribution in [3.63, 3.8) is 0 Å².